The highest BCUT2D eigenvalue weighted by molar-refractivity contribution is 5.88. The van der Waals surface area contributed by atoms with E-state index < -0.39 is 11.5 Å². The average molecular weight is 472 g/mol. The topological polar surface area (TPSA) is 103 Å². The summed E-state index contributed by atoms with van der Waals surface area (Å²) in [5.74, 6) is -0.176. The first-order chi connectivity index (χ1) is 17.0. The second kappa shape index (κ2) is 9.52. The fraction of sp³-hybridized carbons (Fsp3) is 0.185. The maximum Gasteiger partial charge on any atom is 0.415 e. The Labute approximate surface area is 201 Å². The summed E-state index contributed by atoms with van der Waals surface area (Å²) < 4.78 is 11.1. The molecule has 3 aromatic carbocycles. The van der Waals surface area contributed by atoms with Crippen LogP contribution in [0.2, 0.25) is 0 Å². The number of fused-ring (bicyclic) bond motifs is 1. The van der Waals surface area contributed by atoms with Gasteiger partial charge >= 0.3 is 6.09 Å². The SMILES string of the molecule is O=C(Oc1cc(O)c2c(=O)c(-c3ccc(O)cc3)coc2c1)N1CCN(Cc2ccccc2)CC1. The standard InChI is InChI=1S/C27H24N2O6/c30-20-8-6-19(7-9-20)22-17-34-24-15-21(14-23(31)25(24)26(22)32)35-27(33)29-12-10-28(11-13-29)16-18-4-2-1-3-5-18/h1-9,14-15,17,30-31H,10-13,16H2. The number of ether oxygens (including phenoxy) is 1. The number of hydrogen-bond donors (Lipinski definition) is 2. The fourth-order valence-corrected chi connectivity index (χ4v) is 4.20. The van der Waals surface area contributed by atoms with Crippen LogP contribution in [0.25, 0.3) is 22.1 Å². The molecular formula is C27H24N2O6. The summed E-state index contributed by atoms with van der Waals surface area (Å²) in [4.78, 5) is 29.6. The summed E-state index contributed by atoms with van der Waals surface area (Å²) in [6.07, 6.45) is 0.764. The van der Waals surface area contributed by atoms with Gasteiger partial charge in [-0.25, -0.2) is 4.79 Å². The lowest BCUT2D eigenvalue weighted by Gasteiger charge is -2.34. The molecule has 4 aromatic rings. The molecule has 0 bridgehead atoms. The van der Waals surface area contributed by atoms with Gasteiger partial charge in [0.15, 0.2) is 0 Å². The lowest BCUT2D eigenvalue weighted by Crippen LogP contribution is -2.49. The molecule has 0 aliphatic carbocycles. The summed E-state index contributed by atoms with van der Waals surface area (Å²) in [6, 6.07) is 18.9. The molecule has 2 heterocycles. The normalized spacial score (nSPS) is 14.2. The number of rotatable bonds is 4. The molecule has 35 heavy (non-hydrogen) atoms. The number of piperazine rings is 1. The molecule has 1 fully saturated rings. The van der Waals surface area contributed by atoms with E-state index in [-0.39, 0.29) is 33.8 Å². The number of carbonyl (C=O) groups is 1. The van der Waals surface area contributed by atoms with Crippen LogP contribution in [-0.2, 0) is 6.54 Å². The molecule has 178 valence electrons. The third-order valence-electron chi connectivity index (χ3n) is 6.09. The second-order valence-corrected chi connectivity index (χ2v) is 8.46. The number of aromatic hydroxyl groups is 2. The summed E-state index contributed by atoms with van der Waals surface area (Å²) in [5, 5.41) is 20.0. The predicted octanol–water partition coefficient (Wildman–Crippen LogP) is 4.19. The number of nitrogens with zero attached hydrogens (tertiary/aromatic N) is 2. The van der Waals surface area contributed by atoms with Gasteiger partial charge in [0.25, 0.3) is 0 Å². The highest BCUT2D eigenvalue weighted by Crippen LogP contribution is 2.31. The number of phenolic OH excluding ortho intramolecular Hbond substituents is 2. The van der Waals surface area contributed by atoms with E-state index in [4.69, 9.17) is 9.15 Å². The molecule has 0 saturated carbocycles. The van der Waals surface area contributed by atoms with E-state index in [1.165, 1.54) is 36.1 Å². The van der Waals surface area contributed by atoms with Gasteiger partial charge in [-0.15, -0.1) is 0 Å². The van der Waals surface area contributed by atoms with Crippen molar-refractivity contribution in [2.75, 3.05) is 26.2 Å². The number of carbonyl (C=O) groups excluding carboxylic acids is 1. The first-order valence-electron chi connectivity index (χ1n) is 11.3. The molecular weight excluding hydrogens is 448 g/mol. The number of hydrogen-bond acceptors (Lipinski definition) is 7. The van der Waals surface area contributed by atoms with Crippen molar-refractivity contribution in [3.05, 3.63) is 88.8 Å². The van der Waals surface area contributed by atoms with Gasteiger partial charge in [-0.3, -0.25) is 9.69 Å². The molecule has 0 radical (unpaired) electrons. The van der Waals surface area contributed by atoms with Gasteiger partial charge < -0.3 is 24.3 Å². The lowest BCUT2D eigenvalue weighted by molar-refractivity contribution is 0.108. The maximum atomic E-state index is 13.0. The highest BCUT2D eigenvalue weighted by atomic mass is 16.6. The van der Waals surface area contributed by atoms with Crippen molar-refractivity contribution in [3.63, 3.8) is 0 Å². The predicted molar refractivity (Wildman–Crippen MR) is 131 cm³/mol. The Balaban J connectivity index is 1.28. The number of amides is 1. The third-order valence-corrected chi connectivity index (χ3v) is 6.09. The summed E-state index contributed by atoms with van der Waals surface area (Å²) in [6.45, 7) is 3.32. The van der Waals surface area contributed by atoms with E-state index >= 15 is 0 Å². The van der Waals surface area contributed by atoms with E-state index in [0.717, 1.165) is 19.6 Å². The summed E-state index contributed by atoms with van der Waals surface area (Å²) in [7, 11) is 0. The zero-order valence-electron chi connectivity index (χ0n) is 18.9. The van der Waals surface area contributed by atoms with Gasteiger partial charge in [0.05, 0.1) is 5.56 Å². The first-order valence-corrected chi connectivity index (χ1v) is 11.3. The van der Waals surface area contributed by atoms with Crippen molar-refractivity contribution < 1.29 is 24.2 Å². The Morgan fingerprint density at radius 2 is 1.66 bits per heavy atom. The minimum Gasteiger partial charge on any atom is -0.508 e. The lowest BCUT2D eigenvalue weighted by atomic mass is 10.0. The Hall–Kier alpha value is -4.30. The van der Waals surface area contributed by atoms with Crippen molar-refractivity contribution in [2.24, 2.45) is 0 Å². The van der Waals surface area contributed by atoms with Gasteiger partial charge in [-0.1, -0.05) is 42.5 Å². The largest absolute Gasteiger partial charge is 0.508 e. The van der Waals surface area contributed by atoms with Crippen LogP contribution >= 0.6 is 0 Å². The minimum atomic E-state index is -0.522. The Bertz CT molecular complexity index is 1410. The van der Waals surface area contributed by atoms with Gasteiger partial charge in [-0.2, -0.15) is 0 Å². The Kier molecular flexibility index (Phi) is 6.12. The van der Waals surface area contributed by atoms with Crippen LogP contribution in [0.4, 0.5) is 4.79 Å². The van der Waals surface area contributed by atoms with Gasteiger partial charge in [0.2, 0.25) is 5.43 Å². The van der Waals surface area contributed by atoms with Crippen LogP contribution in [-0.4, -0.2) is 52.3 Å². The molecule has 5 rings (SSSR count). The van der Waals surface area contributed by atoms with Crippen LogP contribution in [0, 0.1) is 0 Å². The minimum absolute atomic E-state index is 0.00935. The number of benzene rings is 3. The summed E-state index contributed by atoms with van der Waals surface area (Å²) >= 11 is 0. The van der Waals surface area contributed by atoms with E-state index in [1.54, 1.807) is 17.0 Å². The van der Waals surface area contributed by atoms with Crippen LogP contribution in [0.15, 0.2) is 82.2 Å². The molecule has 1 aliphatic heterocycles. The highest BCUT2D eigenvalue weighted by Gasteiger charge is 2.23. The van der Waals surface area contributed by atoms with Gasteiger partial charge in [0, 0.05) is 44.9 Å². The van der Waals surface area contributed by atoms with Crippen LogP contribution in [0.1, 0.15) is 5.56 Å². The molecule has 1 amide bonds. The smallest absolute Gasteiger partial charge is 0.415 e. The molecule has 0 spiro atoms. The van der Waals surface area contributed by atoms with Crippen LogP contribution < -0.4 is 10.2 Å². The molecule has 1 aromatic heterocycles. The van der Waals surface area contributed by atoms with E-state index in [9.17, 15) is 19.8 Å². The van der Waals surface area contributed by atoms with Crippen molar-refractivity contribution >= 4 is 17.1 Å². The van der Waals surface area contributed by atoms with E-state index in [0.29, 0.717) is 18.7 Å². The quantitative estimate of drug-likeness (QED) is 0.459. The summed E-state index contributed by atoms with van der Waals surface area (Å²) in [5.41, 5.74) is 1.69. The van der Waals surface area contributed by atoms with Crippen LogP contribution in [0.3, 0.4) is 0 Å². The van der Waals surface area contributed by atoms with Crippen molar-refractivity contribution in [2.45, 2.75) is 6.54 Å². The van der Waals surface area contributed by atoms with Crippen molar-refractivity contribution in [1.29, 1.82) is 0 Å². The van der Waals surface area contributed by atoms with E-state index in [1.807, 2.05) is 18.2 Å². The Morgan fingerprint density at radius 3 is 2.37 bits per heavy atom. The van der Waals surface area contributed by atoms with Gasteiger partial charge in [0.1, 0.15) is 34.5 Å². The van der Waals surface area contributed by atoms with Crippen molar-refractivity contribution in [1.82, 2.24) is 9.80 Å². The molecule has 1 aliphatic rings. The zero-order valence-corrected chi connectivity index (χ0v) is 18.9. The molecule has 0 atom stereocenters. The second-order valence-electron chi connectivity index (χ2n) is 8.46. The third kappa shape index (κ3) is 4.83. The average Bonchev–Trinajstić information content (AvgIpc) is 2.86. The molecule has 1 saturated heterocycles. The number of phenols is 2. The van der Waals surface area contributed by atoms with Crippen LogP contribution in [0.5, 0.6) is 17.2 Å². The van der Waals surface area contributed by atoms with E-state index in [2.05, 4.69) is 17.0 Å². The monoisotopic (exact) mass is 472 g/mol. The zero-order chi connectivity index (χ0) is 24.4. The molecule has 2 N–H and O–H groups in total. The molecule has 8 heteroatoms. The fourth-order valence-electron chi connectivity index (χ4n) is 4.20. The Morgan fingerprint density at radius 1 is 0.943 bits per heavy atom. The van der Waals surface area contributed by atoms with Gasteiger partial charge in [-0.05, 0) is 23.3 Å². The maximum absolute atomic E-state index is 13.0. The molecule has 0 unspecified atom stereocenters. The molecule has 8 nitrogen and oxygen atoms in total. The van der Waals surface area contributed by atoms with Crippen molar-refractivity contribution in [3.8, 4) is 28.4 Å². The first kappa shape index (κ1) is 22.5.